The van der Waals surface area contributed by atoms with Gasteiger partial charge in [-0.25, -0.2) is 4.98 Å². The molecule has 2 heterocycles. The molecule has 2 aromatic heterocycles. The first kappa shape index (κ1) is 18.2. The molecule has 4 nitrogen and oxygen atoms in total. The predicted octanol–water partition coefficient (Wildman–Crippen LogP) is 5.07. The Morgan fingerprint density at radius 2 is 1.96 bits per heavy atom. The van der Waals surface area contributed by atoms with Crippen molar-refractivity contribution >= 4 is 0 Å². The standard InChI is InChI=1S/C24H23N3O/c1-16-5-3-8-23(24(16)28-2)20-12-19(14-26-15-20)18-9-17(10-18)11-21-6-4-7-22(13-25)27-21/h3-8,12,14-15,17-18H,9-11H2,1-2H3. The third kappa shape index (κ3) is 3.61. The van der Waals surface area contributed by atoms with E-state index in [-0.39, 0.29) is 0 Å². The normalized spacial score (nSPS) is 18.2. The van der Waals surface area contributed by atoms with Gasteiger partial charge in [-0.2, -0.15) is 5.26 Å². The van der Waals surface area contributed by atoms with Gasteiger partial charge in [0.2, 0.25) is 0 Å². The van der Waals surface area contributed by atoms with Gasteiger partial charge in [-0.15, -0.1) is 0 Å². The molecule has 0 atom stereocenters. The average molecular weight is 369 g/mol. The Morgan fingerprint density at radius 1 is 1.14 bits per heavy atom. The molecule has 1 aliphatic rings. The summed E-state index contributed by atoms with van der Waals surface area (Å²) in [4.78, 5) is 8.90. The van der Waals surface area contributed by atoms with Crippen LogP contribution in [0.5, 0.6) is 5.75 Å². The van der Waals surface area contributed by atoms with Crippen LogP contribution in [0.3, 0.4) is 0 Å². The highest BCUT2D eigenvalue weighted by Gasteiger charge is 2.31. The number of benzene rings is 1. The van der Waals surface area contributed by atoms with E-state index in [1.807, 2.05) is 24.5 Å². The van der Waals surface area contributed by atoms with Crippen LogP contribution in [-0.2, 0) is 6.42 Å². The molecule has 0 bridgehead atoms. The summed E-state index contributed by atoms with van der Waals surface area (Å²) < 4.78 is 5.62. The topological polar surface area (TPSA) is 58.8 Å². The van der Waals surface area contributed by atoms with Gasteiger partial charge in [0.15, 0.2) is 0 Å². The maximum atomic E-state index is 9.00. The van der Waals surface area contributed by atoms with Crippen LogP contribution in [0.2, 0.25) is 0 Å². The van der Waals surface area contributed by atoms with E-state index < -0.39 is 0 Å². The molecule has 140 valence electrons. The highest BCUT2D eigenvalue weighted by Crippen LogP contribution is 2.44. The van der Waals surface area contributed by atoms with Crippen LogP contribution in [0, 0.1) is 24.2 Å². The van der Waals surface area contributed by atoms with E-state index in [0.717, 1.165) is 47.4 Å². The van der Waals surface area contributed by atoms with Gasteiger partial charge in [-0.05, 0) is 67.3 Å². The molecular weight excluding hydrogens is 346 g/mol. The number of nitrogens with zero attached hydrogens (tertiary/aromatic N) is 3. The third-order valence-corrected chi connectivity index (χ3v) is 5.61. The molecule has 0 aliphatic heterocycles. The van der Waals surface area contributed by atoms with Crippen molar-refractivity contribution < 1.29 is 4.74 Å². The van der Waals surface area contributed by atoms with Crippen molar-refractivity contribution in [3.8, 4) is 22.9 Å². The fourth-order valence-electron chi connectivity index (χ4n) is 4.10. The van der Waals surface area contributed by atoms with Gasteiger partial charge < -0.3 is 4.74 Å². The van der Waals surface area contributed by atoms with Crippen molar-refractivity contribution in [2.24, 2.45) is 5.92 Å². The Balaban J connectivity index is 1.47. The number of hydrogen-bond acceptors (Lipinski definition) is 4. The molecule has 1 aromatic carbocycles. The first-order valence-electron chi connectivity index (χ1n) is 9.63. The van der Waals surface area contributed by atoms with Crippen LogP contribution in [-0.4, -0.2) is 17.1 Å². The smallest absolute Gasteiger partial charge is 0.140 e. The van der Waals surface area contributed by atoms with Gasteiger partial charge >= 0.3 is 0 Å². The monoisotopic (exact) mass is 369 g/mol. The minimum atomic E-state index is 0.498. The van der Waals surface area contributed by atoms with Gasteiger partial charge in [0.1, 0.15) is 17.5 Å². The van der Waals surface area contributed by atoms with Gasteiger partial charge in [0, 0.05) is 29.2 Å². The summed E-state index contributed by atoms with van der Waals surface area (Å²) >= 11 is 0. The number of pyridine rings is 2. The molecule has 0 unspecified atom stereocenters. The number of para-hydroxylation sites is 1. The molecule has 4 heteroatoms. The summed E-state index contributed by atoms with van der Waals surface area (Å²) in [6.07, 6.45) is 7.10. The van der Waals surface area contributed by atoms with Crippen molar-refractivity contribution in [2.75, 3.05) is 7.11 Å². The second kappa shape index (κ2) is 7.82. The van der Waals surface area contributed by atoms with Gasteiger partial charge in [-0.1, -0.05) is 24.3 Å². The number of ether oxygens (including phenoxy) is 1. The Kier molecular flexibility index (Phi) is 5.08. The number of methoxy groups -OCH3 is 1. The zero-order chi connectivity index (χ0) is 19.5. The van der Waals surface area contributed by atoms with Crippen LogP contribution in [0.4, 0.5) is 0 Å². The second-order valence-corrected chi connectivity index (χ2v) is 7.53. The average Bonchev–Trinajstić information content (AvgIpc) is 2.70. The molecule has 1 fully saturated rings. The van der Waals surface area contributed by atoms with Gasteiger partial charge in [0.25, 0.3) is 0 Å². The van der Waals surface area contributed by atoms with E-state index in [9.17, 15) is 0 Å². The summed E-state index contributed by atoms with van der Waals surface area (Å²) in [5.41, 5.74) is 6.11. The summed E-state index contributed by atoms with van der Waals surface area (Å²) in [5, 5.41) is 9.00. The Labute approximate surface area is 165 Å². The number of aromatic nitrogens is 2. The zero-order valence-corrected chi connectivity index (χ0v) is 16.2. The van der Waals surface area contributed by atoms with E-state index in [0.29, 0.717) is 17.5 Å². The molecule has 1 saturated carbocycles. The molecular formula is C24H23N3O. The highest BCUT2D eigenvalue weighted by molar-refractivity contribution is 5.72. The SMILES string of the molecule is COc1c(C)cccc1-c1cncc(C2CC(Cc3cccc(C#N)n3)C2)c1. The Bertz CT molecular complexity index is 1030. The summed E-state index contributed by atoms with van der Waals surface area (Å²) in [6, 6.07) is 16.3. The molecule has 0 amide bonds. The van der Waals surface area contributed by atoms with E-state index >= 15 is 0 Å². The van der Waals surface area contributed by atoms with E-state index in [1.54, 1.807) is 13.2 Å². The first-order valence-corrected chi connectivity index (χ1v) is 9.63. The largest absolute Gasteiger partial charge is 0.496 e. The maximum absolute atomic E-state index is 9.00. The lowest BCUT2D eigenvalue weighted by atomic mass is 9.70. The lowest BCUT2D eigenvalue weighted by Gasteiger charge is -2.35. The molecule has 4 rings (SSSR count). The van der Waals surface area contributed by atoms with Gasteiger partial charge in [-0.3, -0.25) is 4.98 Å². The molecule has 3 aromatic rings. The molecule has 0 N–H and O–H groups in total. The first-order chi connectivity index (χ1) is 13.7. The molecule has 0 spiro atoms. The van der Waals surface area contributed by atoms with Crippen molar-refractivity contribution in [3.63, 3.8) is 0 Å². The molecule has 0 radical (unpaired) electrons. The van der Waals surface area contributed by atoms with Crippen LogP contribution in [0.15, 0.2) is 54.9 Å². The van der Waals surface area contributed by atoms with Crippen molar-refractivity contribution in [2.45, 2.75) is 32.1 Å². The number of hydrogen-bond donors (Lipinski definition) is 0. The highest BCUT2D eigenvalue weighted by atomic mass is 16.5. The minimum absolute atomic E-state index is 0.498. The second-order valence-electron chi connectivity index (χ2n) is 7.53. The maximum Gasteiger partial charge on any atom is 0.140 e. The lowest BCUT2D eigenvalue weighted by molar-refractivity contribution is 0.260. The third-order valence-electron chi connectivity index (χ3n) is 5.61. The van der Waals surface area contributed by atoms with Crippen LogP contribution < -0.4 is 4.74 Å². The van der Waals surface area contributed by atoms with Crippen LogP contribution >= 0.6 is 0 Å². The van der Waals surface area contributed by atoms with Crippen LogP contribution in [0.25, 0.3) is 11.1 Å². The number of aryl methyl sites for hydroxylation is 1. The van der Waals surface area contributed by atoms with Gasteiger partial charge in [0.05, 0.1) is 7.11 Å². The van der Waals surface area contributed by atoms with Crippen LogP contribution in [0.1, 0.15) is 41.3 Å². The minimum Gasteiger partial charge on any atom is -0.496 e. The number of nitriles is 1. The number of rotatable bonds is 5. The van der Waals surface area contributed by atoms with Crippen molar-refractivity contribution in [1.29, 1.82) is 5.26 Å². The lowest BCUT2D eigenvalue weighted by Crippen LogP contribution is -2.24. The summed E-state index contributed by atoms with van der Waals surface area (Å²) in [7, 11) is 1.72. The fourth-order valence-corrected chi connectivity index (χ4v) is 4.10. The Morgan fingerprint density at radius 3 is 2.75 bits per heavy atom. The predicted molar refractivity (Wildman–Crippen MR) is 109 cm³/mol. The van der Waals surface area contributed by atoms with E-state index in [2.05, 4.69) is 47.2 Å². The fraction of sp³-hybridized carbons (Fsp3) is 0.292. The quantitative estimate of drug-likeness (QED) is 0.630. The molecule has 1 aliphatic carbocycles. The van der Waals surface area contributed by atoms with Crippen molar-refractivity contribution in [3.05, 3.63) is 77.4 Å². The van der Waals surface area contributed by atoms with E-state index in [4.69, 9.17) is 10.00 Å². The summed E-state index contributed by atoms with van der Waals surface area (Å²) in [5.74, 6) is 2.06. The summed E-state index contributed by atoms with van der Waals surface area (Å²) in [6.45, 7) is 2.06. The molecule has 28 heavy (non-hydrogen) atoms. The Hall–Kier alpha value is -3.19. The van der Waals surface area contributed by atoms with Crippen molar-refractivity contribution in [1.82, 2.24) is 9.97 Å². The molecule has 0 saturated heterocycles. The zero-order valence-electron chi connectivity index (χ0n) is 16.2. The van der Waals surface area contributed by atoms with E-state index in [1.165, 1.54) is 5.56 Å².